The number of phenolic OH excluding ortho intramolecular Hbond substituents is 1. The van der Waals surface area contributed by atoms with Crippen LogP contribution in [0.1, 0.15) is 0 Å². The summed E-state index contributed by atoms with van der Waals surface area (Å²) in [6.45, 7) is 0. The number of aromatic hydroxyl groups is 1. The van der Waals surface area contributed by atoms with Gasteiger partial charge in [-0.25, -0.2) is 4.98 Å². The van der Waals surface area contributed by atoms with Crippen LogP contribution in [0, 0.1) is 0 Å². The lowest BCUT2D eigenvalue weighted by Crippen LogP contribution is -1.85. The molecule has 0 radical (unpaired) electrons. The minimum absolute atomic E-state index is 0.248. The minimum Gasteiger partial charge on any atom is -0.508 e. The maximum absolute atomic E-state index is 9.32. The molecule has 0 amide bonds. The Balaban J connectivity index is 1.94. The Morgan fingerprint density at radius 3 is 2.48 bits per heavy atom. The van der Waals surface area contributed by atoms with E-state index in [2.05, 4.69) is 4.98 Å². The molecule has 3 nitrogen and oxygen atoms in total. The number of ether oxygens (including phenoxy) is 1. The van der Waals surface area contributed by atoms with Crippen molar-refractivity contribution in [3.8, 4) is 33.3 Å². The first-order chi connectivity index (χ1) is 10.2. The quantitative estimate of drug-likeness (QED) is 0.751. The summed E-state index contributed by atoms with van der Waals surface area (Å²) in [6, 6.07) is 12.6. The summed E-state index contributed by atoms with van der Waals surface area (Å²) in [6.07, 6.45) is 0. The van der Waals surface area contributed by atoms with Gasteiger partial charge in [-0.1, -0.05) is 11.6 Å². The normalized spacial score (nSPS) is 10.6. The number of hydrogen-bond donors (Lipinski definition) is 1. The standard InChI is InChI=1S/C16H12ClNO2S/c1-20-15-7-4-11(8-13(15)17)14-9-21-16(18-14)10-2-5-12(19)6-3-10/h2-9,19H,1H3. The van der Waals surface area contributed by atoms with Gasteiger partial charge in [-0.2, -0.15) is 0 Å². The Labute approximate surface area is 131 Å². The first-order valence-electron chi connectivity index (χ1n) is 6.26. The second-order valence-electron chi connectivity index (χ2n) is 4.43. The predicted octanol–water partition coefficient (Wildman–Crippen LogP) is 4.84. The first kappa shape index (κ1) is 13.9. The second kappa shape index (κ2) is 5.76. The Hall–Kier alpha value is -2.04. The fourth-order valence-corrected chi connectivity index (χ4v) is 3.06. The van der Waals surface area contributed by atoms with Crippen molar-refractivity contribution in [2.75, 3.05) is 7.11 Å². The number of rotatable bonds is 3. The molecule has 0 unspecified atom stereocenters. The number of halogens is 1. The molecule has 0 atom stereocenters. The van der Waals surface area contributed by atoms with E-state index in [0.29, 0.717) is 10.8 Å². The zero-order valence-corrected chi connectivity index (χ0v) is 12.8. The molecule has 0 saturated heterocycles. The van der Waals surface area contributed by atoms with Gasteiger partial charge < -0.3 is 9.84 Å². The minimum atomic E-state index is 0.248. The molecular weight excluding hydrogens is 306 g/mol. The van der Waals surface area contributed by atoms with Gasteiger partial charge in [0.25, 0.3) is 0 Å². The van der Waals surface area contributed by atoms with Gasteiger partial charge >= 0.3 is 0 Å². The van der Waals surface area contributed by atoms with Crippen LogP contribution in [0.3, 0.4) is 0 Å². The van der Waals surface area contributed by atoms with Gasteiger partial charge in [-0.3, -0.25) is 0 Å². The largest absolute Gasteiger partial charge is 0.508 e. The van der Waals surface area contributed by atoms with E-state index in [4.69, 9.17) is 16.3 Å². The topological polar surface area (TPSA) is 42.4 Å². The summed E-state index contributed by atoms with van der Waals surface area (Å²) >= 11 is 7.70. The van der Waals surface area contributed by atoms with E-state index in [0.717, 1.165) is 21.8 Å². The lowest BCUT2D eigenvalue weighted by molar-refractivity contribution is 0.415. The van der Waals surface area contributed by atoms with Crippen LogP contribution in [0.15, 0.2) is 47.8 Å². The fourth-order valence-electron chi connectivity index (χ4n) is 1.97. The first-order valence-corrected chi connectivity index (χ1v) is 7.52. The third-order valence-electron chi connectivity index (χ3n) is 3.07. The van der Waals surface area contributed by atoms with Gasteiger partial charge in [0.2, 0.25) is 0 Å². The summed E-state index contributed by atoms with van der Waals surface area (Å²) in [4.78, 5) is 4.61. The van der Waals surface area contributed by atoms with Crippen LogP contribution in [0.5, 0.6) is 11.5 Å². The number of nitrogens with zero attached hydrogens (tertiary/aromatic N) is 1. The maximum atomic E-state index is 9.32. The number of benzene rings is 2. The lowest BCUT2D eigenvalue weighted by atomic mass is 10.1. The zero-order valence-electron chi connectivity index (χ0n) is 11.2. The van der Waals surface area contributed by atoms with Crippen LogP contribution in [0.4, 0.5) is 0 Å². The van der Waals surface area contributed by atoms with Crippen molar-refractivity contribution in [3.05, 3.63) is 52.9 Å². The van der Waals surface area contributed by atoms with Crippen molar-refractivity contribution in [3.63, 3.8) is 0 Å². The fraction of sp³-hybridized carbons (Fsp3) is 0.0625. The highest BCUT2D eigenvalue weighted by molar-refractivity contribution is 7.13. The van der Waals surface area contributed by atoms with Crippen LogP contribution in [-0.4, -0.2) is 17.2 Å². The number of hydrogen-bond acceptors (Lipinski definition) is 4. The second-order valence-corrected chi connectivity index (χ2v) is 5.70. The van der Waals surface area contributed by atoms with Crippen molar-refractivity contribution in [1.82, 2.24) is 4.98 Å². The van der Waals surface area contributed by atoms with Gasteiger partial charge in [-0.15, -0.1) is 11.3 Å². The summed E-state index contributed by atoms with van der Waals surface area (Å²) in [7, 11) is 1.59. The van der Waals surface area contributed by atoms with Gasteiger partial charge in [0.1, 0.15) is 16.5 Å². The van der Waals surface area contributed by atoms with E-state index >= 15 is 0 Å². The molecule has 0 fully saturated rings. The van der Waals surface area contributed by atoms with E-state index < -0.39 is 0 Å². The molecule has 0 aliphatic carbocycles. The molecular formula is C16H12ClNO2S. The Bertz CT molecular complexity index is 768. The van der Waals surface area contributed by atoms with Crippen LogP contribution in [0.2, 0.25) is 5.02 Å². The zero-order chi connectivity index (χ0) is 14.8. The highest BCUT2D eigenvalue weighted by Gasteiger charge is 2.09. The number of phenols is 1. The molecule has 0 aliphatic heterocycles. The van der Waals surface area contributed by atoms with Crippen LogP contribution in [0.25, 0.3) is 21.8 Å². The molecule has 1 N–H and O–H groups in total. The molecule has 3 rings (SSSR count). The molecule has 5 heteroatoms. The third-order valence-corrected chi connectivity index (χ3v) is 4.25. The van der Waals surface area contributed by atoms with Gasteiger partial charge in [0.15, 0.2) is 0 Å². The van der Waals surface area contributed by atoms with Crippen LogP contribution >= 0.6 is 22.9 Å². The Morgan fingerprint density at radius 2 is 1.81 bits per heavy atom. The lowest BCUT2D eigenvalue weighted by Gasteiger charge is -2.04. The van der Waals surface area contributed by atoms with Crippen molar-refractivity contribution in [2.45, 2.75) is 0 Å². The molecule has 21 heavy (non-hydrogen) atoms. The van der Waals surface area contributed by atoms with Crippen molar-refractivity contribution >= 4 is 22.9 Å². The number of thiazole rings is 1. The monoisotopic (exact) mass is 317 g/mol. The molecule has 106 valence electrons. The van der Waals surface area contributed by atoms with Crippen molar-refractivity contribution < 1.29 is 9.84 Å². The molecule has 0 spiro atoms. The van der Waals surface area contributed by atoms with E-state index in [1.807, 2.05) is 35.7 Å². The summed E-state index contributed by atoms with van der Waals surface area (Å²) in [5.41, 5.74) is 2.79. The van der Waals surface area contributed by atoms with E-state index in [9.17, 15) is 5.11 Å². The smallest absolute Gasteiger partial charge is 0.137 e. The molecule has 3 aromatic rings. The number of aromatic nitrogens is 1. The molecule has 1 heterocycles. The van der Waals surface area contributed by atoms with Crippen LogP contribution in [-0.2, 0) is 0 Å². The predicted molar refractivity (Wildman–Crippen MR) is 86.2 cm³/mol. The van der Waals surface area contributed by atoms with Gasteiger partial charge in [-0.05, 0) is 42.5 Å². The highest BCUT2D eigenvalue weighted by Crippen LogP contribution is 2.33. The summed E-state index contributed by atoms with van der Waals surface area (Å²) in [5.74, 6) is 0.895. The van der Waals surface area contributed by atoms with Crippen molar-refractivity contribution in [2.24, 2.45) is 0 Å². The van der Waals surface area contributed by atoms with Gasteiger partial charge in [0, 0.05) is 16.5 Å². The summed E-state index contributed by atoms with van der Waals surface area (Å²) < 4.78 is 5.15. The number of methoxy groups -OCH3 is 1. The van der Waals surface area contributed by atoms with E-state index in [1.165, 1.54) is 0 Å². The average molecular weight is 318 g/mol. The van der Waals surface area contributed by atoms with Gasteiger partial charge in [0.05, 0.1) is 17.8 Å². The Morgan fingerprint density at radius 1 is 1.10 bits per heavy atom. The maximum Gasteiger partial charge on any atom is 0.137 e. The third kappa shape index (κ3) is 2.86. The summed E-state index contributed by atoms with van der Waals surface area (Å²) in [5, 5.41) is 12.8. The molecule has 1 aromatic heterocycles. The van der Waals surface area contributed by atoms with Crippen molar-refractivity contribution in [1.29, 1.82) is 0 Å². The molecule has 0 aliphatic rings. The molecule has 0 bridgehead atoms. The van der Waals surface area contributed by atoms with Crippen LogP contribution < -0.4 is 4.74 Å². The highest BCUT2D eigenvalue weighted by atomic mass is 35.5. The van der Waals surface area contributed by atoms with E-state index in [1.54, 1.807) is 30.6 Å². The van der Waals surface area contributed by atoms with E-state index in [-0.39, 0.29) is 5.75 Å². The molecule has 2 aromatic carbocycles. The molecule has 0 saturated carbocycles. The Kier molecular flexibility index (Phi) is 3.82. The average Bonchev–Trinajstić information content (AvgIpc) is 2.98. The SMILES string of the molecule is COc1ccc(-c2csc(-c3ccc(O)cc3)n2)cc1Cl.